The topological polar surface area (TPSA) is 38.7 Å². The van der Waals surface area contributed by atoms with Crippen molar-refractivity contribution in [2.24, 2.45) is 0 Å². The van der Waals surface area contributed by atoms with Gasteiger partial charge in [-0.25, -0.2) is 15.0 Å². The number of rotatable bonds is 1. The molecule has 2 rings (SSSR count). The van der Waals surface area contributed by atoms with E-state index in [2.05, 4.69) is 21.0 Å². The molecule has 0 aliphatic heterocycles. The van der Waals surface area contributed by atoms with Gasteiger partial charge in [-0.05, 0) is 24.6 Å². The van der Waals surface area contributed by atoms with Crippen LogP contribution in [0.5, 0.6) is 0 Å². The normalized spacial score (nSPS) is 9.92. The Kier molecular flexibility index (Phi) is 2.00. The summed E-state index contributed by atoms with van der Waals surface area (Å²) in [7, 11) is 0. The third-order valence-corrected chi connectivity index (χ3v) is 1.70. The highest BCUT2D eigenvalue weighted by Gasteiger charge is 1.98. The number of nitrogens with zero attached hydrogens (tertiary/aromatic N) is 3. The van der Waals surface area contributed by atoms with E-state index in [0.29, 0.717) is 5.82 Å². The zero-order valence-electron chi connectivity index (χ0n) is 7.23. The van der Waals surface area contributed by atoms with Crippen LogP contribution in [0.25, 0.3) is 11.4 Å². The predicted octanol–water partition coefficient (Wildman–Crippen LogP) is 1.65. The molecule has 0 amide bonds. The maximum absolute atomic E-state index is 4.05. The van der Waals surface area contributed by atoms with E-state index in [1.807, 2.05) is 25.1 Å². The maximum atomic E-state index is 4.05. The van der Waals surface area contributed by atoms with Crippen LogP contribution in [0.2, 0.25) is 0 Å². The van der Waals surface area contributed by atoms with Crippen molar-refractivity contribution in [3.8, 4) is 11.4 Å². The predicted molar refractivity (Wildman–Crippen MR) is 48.8 cm³/mol. The third kappa shape index (κ3) is 1.69. The first kappa shape index (κ1) is 7.86. The number of benzene rings is 1. The van der Waals surface area contributed by atoms with E-state index in [-0.39, 0.29) is 0 Å². The fourth-order valence-corrected chi connectivity index (χ4v) is 1.11. The summed E-state index contributed by atoms with van der Waals surface area (Å²) >= 11 is 0. The molecule has 13 heavy (non-hydrogen) atoms. The van der Waals surface area contributed by atoms with Gasteiger partial charge >= 0.3 is 0 Å². The SMILES string of the molecule is Cc1[c]ccc(-c2ncncn2)c1. The highest BCUT2D eigenvalue weighted by Crippen LogP contribution is 2.13. The van der Waals surface area contributed by atoms with Gasteiger partial charge in [0.2, 0.25) is 0 Å². The molecule has 1 aromatic heterocycles. The Morgan fingerprint density at radius 2 is 2.00 bits per heavy atom. The Bertz CT molecular complexity index is 398. The van der Waals surface area contributed by atoms with Crippen molar-refractivity contribution >= 4 is 0 Å². The minimum Gasteiger partial charge on any atom is -0.225 e. The van der Waals surface area contributed by atoms with Gasteiger partial charge in [-0.3, -0.25) is 0 Å². The standard InChI is InChI=1S/C10H8N3/c1-8-3-2-4-9(5-8)10-12-6-11-7-13-10/h2,4-7H,1H3. The summed E-state index contributed by atoms with van der Waals surface area (Å²) in [4.78, 5) is 11.9. The average molecular weight is 170 g/mol. The smallest absolute Gasteiger partial charge is 0.162 e. The van der Waals surface area contributed by atoms with Crippen LogP contribution in [-0.4, -0.2) is 15.0 Å². The van der Waals surface area contributed by atoms with Crippen molar-refractivity contribution < 1.29 is 0 Å². The molecule has 1 aromatic carbocycles. The highest BCUT2D eigenvalue weighted by molar-refractivity contribution is 5.54. The zero-order chi connectivity index (χ0) is 9.10. The van der Waals surface area contributed by atoms with Crippen LogP contribution >= 0.6 is 0 Å². The number of hydrogen-bond donors (Lipinski definition) is 0. The zero-order valence-corrected chi connectivity index (χ0v) is 7.23. The molecule has 0 saturated heterocycles. The quantitative estimate of drug-likeness (QED) is 0.653. The molecule has 0 bridgehead atoms. The van der Waals surface area contributed by atoms with Crippen LogP contribution in [0.3, 0.4) is 0 Å². The van der Waals surface area contributed by atoms with Gasteiger partial charge in [0.1, 0.15) is 12.7 Å². The molecule has 1 heterocycles. The number of hydrogen-bond acceptors (Lipinski definition) is 3. The Morgan fingerprint density at radius 1 is 1.23 bits per heavy atom. The molecule has 1 radical (unpaired) electrons. The lowest BCUT2D eigenvalue weighted by molar-refractivity contribution is 1.05. The first-order chi connectivity index (χ1) is 6.36. The van der Waals surface area contributed by atoms with Gasteiger partial charge in [0.15, 0.2) is 5.82 Å². The van der Waals surface area contributed by atoms with Crippen molar-refractivity contribution in [1.82, 2.24) is 15.0 Å². The second-order valence-corrected chi connectivity index (χ2v) is 2.72. The van der Waals surface area contributed by atoms with Gasteiger partial charge in [-0.2, -0.15) is 0 Å². The van der Waals surface area contributed by atoms with Gasteiger partial charge in [0.25, 0.3) is 0 Å². The van der Waals surface area contributed by atoms with E-state index in [1.165, 1.54) is 12.7 Å². The van der Waals surface area contributed by atoms with E-state index in [9.17, 15) is 0 Å². The van der Waals surface area contributed by atoms with Gasteiger partial charge < -0.3 is 0 Å². The summed E-state index contributed by atoms with van der Waals surface area (Å²) in [6.07, 6.45) is 2.99. The van der Waals surface area contributed by atoms with Crippen molar-refractivity contribution in [3.63, 3.8) is 0 Å². The second kappa shape index (κ2) is 3.31. The van der Waals surface area contributed by atoms with Crippen LogP contribution in [0.1, 0.15) is 5.56 Å². The molecule has 0 saturated carbocycles. The summed E-state index contributed by atoms with van der Waals surface area (Å²) in [5.74, 6) is 0.701. The Balaban J connectivity index is 2.48. The summed E-state index contributed by atoms with van der Waals surface area (Å²) in [6, 6.07) is 8.87. The van der Waals surface area contributed by atoms with Crippen molar-refractivity contribution in [1.29, 1.82) is 0 Å². The summed E-state index contributed by atoms with van der Waals surface area (Å²) in [5.41, 5.74) is 2.08. The van der Waals surface area contributed by atoms with Crippen LogP contribution in [-0.2, 0) is 0 Å². The van der Waals surface area contributed by atoms with E-state index in [1.54, 1.807) is 0 Å². The van der Waals surface area contributed by atoms with E-state index in [4.69, 9.17) is 0 Å². The lowest BCUT2D eigenvalue weighted by atomic mass is 10.1. The first-order valence-corrected chi connectivity index (χ1v) is 3.97. The molecule has 0 aliphatic rings. The average Bonchev–Trinajstić information content (AvgIpc) is 2.19. The summed E-state index contributed by atoms with van der Waals surface area (Å²) < 4.78 is 0. The van der Waals surface area contributed by atoms with Gasteiger partial charge in [0, 0.05) is 5.56 Å². The van der Waals surface area contributed by atoms with Crippen molar-refractivity contribution in [3.05, 3.63) is 42.5 Å². The van der Waals surface area contributed by atoms with Gasteiger partial charge in [-0.1, -0.05) is 12.1 Å². The van der Waals surface area contributed by atoms with Gasteiger partial charge in [0.05, 0.1) is 0 Å². The molecule has 0 unspecified atom stereocenters. The molecule has 2 aromatic rings. The summed E-state index contributed by atoms with van der Waals surface area (Å²) in [6.45, 7) is 1.99. The maximum Gasteiger partial charge on any atom is 0.162 e. The minimum atomic E-state index is 0.701. The first-order valence-electron chi connectivity index (χ1n) is 3.97. The van der Waals surface area contributed by atoms with E-state index in [0.717, 1.165) is 11.1 Å². The molecule has 0 fully saturated rings. The molecule has 0 N–H and O–H groups in total. The molecule has 0 atom stereocenters. The highest BCUT2D eigenvalue weighted by atomic mass is 15.0. The van der Waals surface area contributed by atoms with E-state index < -0.39 is 0 Å². The number of aromatic nitrogens is 3. The van der Waals surface area contributed by atoms with Crippen molar-refractivity contribution in [2.45, 2.75) is 6.92 Å². The molecular weight excluding hydrogens is 162 g/mol. The Hall–Kier alpha value is -1.77. The second-order valence-electron chi connectivity index (χ2n) is 2.72. The molecule has 0 spiro atoms. The lowest BCUT2D eigenvalue weighted by Gasteiger charge is -1.98. The number of aryl methyl sites for hydroxylation is 1. The lowest BCUT2D eigenvalue weighted by Crippen LogP contribution is -1.88. The monoisotopic (exact) mass is 170 g/mol. The fourth-order valence-electron chi connectivity index (χ4n) is 1.11. The van der Waals surface area contributed by atoms with E-state index >= 15 is 0 Å². The molecule has 63 valence electrons. The Morgan fingerprint density at radius 3 is 2.69 bits per heavy atom. The third-order valence-electron chi connectivity index (χ3n) is 1.70. The largest absolute Gasteiger partial charge is 0.225 e. The van der Waals surface area contributed by atoms with Gasteiger partial charge in [-0.15, -0.1) is 0 Å². The molecule has 3 heteroatoms. The molecular formula is C10H8N3. The van der Waals surface area contributed by atoms with Crippen LogP contribution < -0.4 is 0 Å². The molecule has 0 aliphatic carbocycles. The van der Waals surface area contributed by atoms with Crippen LogP contribution in [0.4, 0.5) is 0 Å². The van der Waals surface area contributed by atoms with Crippen LogP contribution in [0, 0.1) is 13.0 Å². The molecule has 3 nitrogen and oxygen atoms in total. The summed E-state index contributed by atoms with van der Waals surface area (Å²) in [5, 5.41) is 0. The minimum absolute atomic E-state index is 0.701. The Labute approximate surface area is 76.5 Å². The fraction of sp³-hybridized carbons (Fsp3) is 0.100. The van der Waals surface area contributed by atoms with Crippen LogP contribution in [0.15, 0.2) is 30.9 Å². The van der Waals surface area contributed by atoms with Crippen molar-refractivity contribution in [2.75, 3.05) is 0 Å².